The highest BCUT2D eigenvalue weighted by atomic mass is 32.1. The lowest BCUT2D eigenvalue weighted by Crippen LogP contribution is -1.81. The van der Waals surface area contributed by atoms with E-state index in [-0.39, 0.29) is 11.5 Å². The molecule has 0 unspecified atom stereocenters. The molecular formula is C10H10O2S. The molecule has 0 radical (unpaired) electrons. The van der Waals surface area contributed by atoms with E-state index in [1.165, 1.54) is 11.3 Å². The minimum Gasteiger partial charge on any atom is -0.504 e. The van der Waals surface area contributed by atoms with Crippen molar-refractivity contribution in [2.75, 3.05) is 0 Å². The van der Waals surface area contributed by atoms with Crippen molar-refractivity contribution in [1.29, 1.82) is 0 Å². The molecule has 1 heterocycles. The van der Waals surface area contributed by atoms with E-state index >= 15 is 0 Å². The number of hydrogen-bond donors (Lipinski definition) is 2. The quantitative estimate of drug-likeness (QED) is 0.685. The number of phenolic OH excluding ortho intramolecular Hbond substituents is 2. The van der Waals surface area contributed by atoms with Crippen molar-refractivity contribution in [1.82, 2.24) is 0 Å². The predicted octanol–water partition coefficient (Wildman–Crippen LogP) is 2.87. The van der Waals surface area contributed by atoms with Crippen LogP contribution >= 0.6 is 11.3 Å². The first-order chi connectivity index (χ1) is 6.24. The molecule has 0 saturated carbocycles. The summed E-state index contributed by atoms with van der Waals surface area (Å²) in [5, 5.41) is 21.9. The van der Waals surface area contributed by atoms with Crippen molar-refractivity contribution in [2.45, 2.75) is 13.3 Å². The maximum Gasteiger partial charge on any atom is 0.175 e. The van der Waals surface area contributed by atoms with E-state index < -0.39 is 0 Å². The van der Waals surface area contributed by atoms with Gasteiger partial charge >= 0.3 is 0 Å². The Morgan fingerprint density at radius 2 is 2.15 bits per heavy atom. The van der Waals surface area contributed by atoms with Gasteiger partial charge in [0.15, 0.2) is 11.5 Å². The zero-order chi connectivity index (χ0) is 9.42. The summed E-state index contributed by atoms with van der Waals surface area (Å²) in [4.78, 5) is 0. The summed E-state index contributed by atoms with van der Waals surface area (Å²) < 4.78 is 0.775. The number of thiophene rings is 1. The zero-order valence-electron chi connectivity index (χ0n) is 7.24. The molecule has 0 fully saturated rings. The summed E-state index contributed by atoms with van der Waals surface area (Å²) >= 11 is 1.45. The van der Waals surface area contributed by atoms with Crippen LogP contribution in [0.15, 0.2) is 17.5 Å². The van der Waals surface area contributed by atoms with Crippen LogP contribution in [0.5, 0.6) is 11.5 Å². The van der Waals surface area contributed by atoms with Gasteiger partial charge in [0, 0.05) is 0 Å². The number of rotatable bonds is 1. The van der Waals surface area contributed by atoms with Crippen LogP contribution in [-0.4, -0.2) is 10.2 Å². The third-order valence-electron chi connectivity index (χ3n) is 2.16. The van der Waals surface area contributed by atoms with Crippen LogP contribution in [0.25, 0.3) is 10.1 Å². The van der Waals surface area contributed by atoms with E-state index in [9.17, 15) is 10.2 Å². The molecule has 2 N–H and O–H groups in total. The second kappa shape index (κ2) is 2.92. The molecule has 68 valence electrons. The maximum absolute atomic E-state index is 9.53. The van der Waals surface area contributed by atoms with Crippen LogP contribution < -0.4 is 0 Å². The molecule has 0 saturated heterocycles. The third-order valence-corrected chi connectivity index (χ3v) is 3.08. The molecule has 0 aliphatic rings. The Morgan fingerprint density at radius 1 is 1.38 bits per heavy atom. The largest absolute Gasteiger partial charge is 0.504 e. The molecule has 0 bridgehead atoms. The highest BCUT2D eigenvalue weighted by Crippen LogP contribution is 2.39. The summed E-state index contributed by atoms with van der Waals surface area (Å²) in [6, 6.07) is 3.60. The van der Waals surface area contributed by atoms with Crippen LogP contribution in [0.1, 0.15) is 12.5 Å². The van der Waals surface area contributed by atoms with E-state index in [2.05, 4.69) is 0 Å². The molecule has 0 aliphatic carbocycles. The Balaban J connectivity index is 2.87. The van der Waals surface area contributed by atoms with Crippen molar-refractivity contribution < 1.29 is 10.2 Å². The fourth-order valence-electron chi connectivity index (χ4n) is 1.47. The average molecular weight is 194 g/mol. The van der Waals surface area contributed by atoms with Gasteiger partial charge in [0.25, 0.3) is 0 Å². The molecule has 1 aromatic carbocycles. The van der Waals surface area contributed by atoms with Crippen LogP contribution in [0.2, 0.25) is 0 Å². The smallest absolute Gasteiger partial charge is 0.175 e. The molecule has 13 heavy (non-hydrogen) atoms. The SMILES string of the molecule is CCc1cc(O)c(O)c2sccc12. The van der Waals surface area contributed by atoms with Crippen LogP contribution in [-0.2, 0) is 6.42 Å². The third kappa shape index (κ3) is 1.16. The normalized spacial score (nSPS) is 10.8. The number of aryl methyl sites for hydroxylation is 1. The predicted molar refractivity (Wildman–Crippen MR) is 54.5 cm³/mol. The van der Waals surface area contributed by atoms with Crippen molar-refractivity contribution in [2.24, 2.45) is 0 Å². The molecule has 2 nitrogen and oxygen atoms in total. The summed E-state index contributed by atoms with van der Waals surface area (Å²) in [6.07, 6.45) is 0.862. The highest BCUT2D eigenvalue weighted by molar-refractivity contribution is 7.17. The van der Waals surface area contributed by atoms with Gasteiger partial charge in [-0.2, -0.15) is 0 Å². The zero-order valence-corrected chi connectivity index (χ0v) is 8.06. The topological polar surface area (TPSA) is 40.5 Å². The minimum atomic E-state index is -0.0215. The molecule has 0 amide bonds. The Kier molecular flexibility index (Phi) is 1.88. The second-order valence-corrected chi connectivity index (χ2v) is 3.84. The number of aromatic hydroxyl groups is 2. The van der Waals surface area contributed by atoms with E-state index in [0.29, 0.717) is 0 Å². The van der Waals surface area contributed by atoms with E-state index in [1.54, 1.807) is 6.07 Å². The molecule has 2 aromatic rings. The van der Waals surface area contributed by atoms with Gasteiger partial charge in [-0.25, -0.2) is 0 Å². The van der Waals surface area contributed by atoms with Crippen LogP contribution in [0.4, 0.5) is 0 Å². The van der Waals surface area contributed by atoms with Crippen LogP contribution in [0.3, 0.4) is 0 Å². The highest BCUT2D eigenvalue weighted by Gasteiger charge is 2.10. The standard InChI is InChI=1S/C10H10O2S/c1-2-6-5-8(11)9(12)10-7(6)3-4-13-10/h3-5,11-12H,2H2,1H3. The molecule has 0 atom stereocenters. The number of benzene rings is 1. The molecule has 0 aliphatic heterocycles. The Bertz CT molecular complexity index is 445. The average Bonchev–Trinajstić information content (AvgIpc) is 2.60. The van der Waals surface area contributed by atoms with Gasteiger partial charge in [-0.15, -0.1) is 11.3 Å². The van der Waals surface area contributed by atoms with E-state index in [0.717, 1.165) is 22.1 Å². The fraction of sp³-hybridized carbons (Fsp3) is 0.200. The van der Waals surface area contributed by atoms with Crippen LogP contribution in [0, 0.1) is 0 Å². The number of fused-ring (bicyclic) bond motifs is 1. The molecule has 2 rings (SSSR count). The van der Waals surface area contributed by atoms with Gasteiger partial charge in [0.05, 0.1) is 4.70 Å². The van der Waals surface area contributed by atoms with Gasteiger partial charge in [0.2, 0.25) is 0 Å². The Labute approximate surface area is 80.1 Å². The Morgan fingerprint density at radius 3 is 2.85 bits per heavy atom. The maximum atomic E-state index is 9.53. The first kappa shape index (κ1) is 8.38. The van der Waals surface area contributed by atoms with Gasteiger partial charge in [0.1, 0.15) is 0 Å². The Hall–Kier alpha value is -1.22. The van der Waals surface area contributed by atoms with E-state index in [4.69, 9.17) is 0 Å². The monoisotopic (exact) mass is 194 g/mol. The van der Waals surface area contributed by atoms with Gasteiger partial charge in [-0.3, -0.25) is 0 Å². The fourth-order valence-corrected chi connectivity index (χ4v) is 2.35. The van der Waals surface area contributed by atoms with Gasteiger partial charge in [-0.05, 0) is 34.9 Å². The second-order valence-electron chi connectivity index (χ2n) is 2.92. The molecule has 0 spiro atoms. The summed E-state index contributed by atoms with van der Waals surface area (Å²) in [5.41, 5.74) is 1.08. The lowest BCUT2D eigenvalue weighted by molar-refractivity contribution is 0.408. The summed E-state index contributed by atoms with van der Waals surface area (Å²) in [7, 11) is 0. The lowest BCUT2D eigenvalue weighted by Gasteiger charge is -2.03. The van der Waals surface area contributed by atoms with Gasteiger partial charge < -0.3 is 10.2 Å². The number of hydrogen-bond acceptors (Lipinski definition) is 3. The van der Waals surface area contributed by atoms with Crippen molar-refractivity contribution in [3.8, 4) is 11.5 Å². The van der Waals surface area contributed by atoms with Crippen molar-refractivity contribution in [3.05, 3.63) is 23.1 Å². The van der Waals surface area contributed by atoms with Crippen molar-refractivity contribution in [3.63, 3.8) is 0 Å². The minimum absolute atomic E-state index is 0.00204. The van der Waals surface area contributed by atoms with Gasteiger partial charge in [-0.1, -0.05) is 6.92 Å². The summed E-state index contributed by atoms with van der Waals surface area (Å²) in [5.74, 6) is -0.0194. The first-order valence-corrected chi connectivity index (χ1v) is 5.03. The first-order valence-electron chi connectivity index (χ1n) is 4.15. The lowest BCUT2D eigenvalue weighted by atomic mass is 10.1. The van der Waals surface area contributed by atoms with E-state index in [1.807, 2.05) is 18.4 Å². The van der Waals surface area contributed by atoms with Crippen molar-refractivity contribution >= 4 is 21.4 Å². The molecular weight excluding hydrogens is 184 g/mol. The molecule has 3 heteroatoms. The number of phenols is 2. The molecule has 1 aromatic heterocycles. The summed E-state index contributed by atoms with van der Waals surface area (Å²) in [6.45, 7) is 2.03.